The first-order valence-electron chi connectivity index (χ1n) is 6.47. The number of nitrogens with one attached hydrogen (secondary N) is 1. The van der Waals surface area contributed by atoms with Gasteiger partial charge >= 0.3 is 0 Å². The van der Waals surface area contributed by atoms with Crippen molar-refractivity contribution in [2.75, 3.05) is 12.4 Å². The summed E-state index contributed by atoms with van der Waals surface area (Å²) in [6.45, 7) is 4.22. The van der Waals surface area contributed by atoms with Crippen molar-refractivity contribution in [1.82, 2.24) is 10.2 Å². The van der Waals surface area contributed by atoms with E-state index in [4.69, 9.17) is 16.3 Å². The van der Waals surface area contributed by atoms with Gasteiger partial charge in [-0.25, -0.2) is 0 Å². The molecular weight excluding hydrogens is 310 g/mol. The van der Waals surface area contributed by atoms with E-state index in [2.05, 4.69) is 29.4 Å². The first kappa shape index (κ1) is 15.7. The standard InChI is InChI=1S/C14H16ClN3O2S/c1-8(2)6-12-17-18-14(21-12)16-13(19)9-4-5-11(20-3)10(15)7-9/h4-5,7-8H,6H2,1-3H3,(H,16,18,19). The number of carbonyl (C=O) groups excluding carboxylic acids is 1. The van der Waals surface area contributed by atoms with Gasteiger partial charge in [0.15, 0.2) is 0 Å². The van der Waals surface area contributed by atoms with Crippen molar-refractivity contribution in [2.24, 2.45) is 5.92 Å². The predicted octanol–water partition coefficient (Wildman–Crippen LogP) is 3.65. The number of carbonyl (C=O) groups is 1. The van der Waals surface area contributed by atoms with E-state index >= 15 is 0 Å². The number of aromatic nitrogens is 2. The van der Waals surface area contributed by atoms with Gasteiger partial charge in [-0.3, -0.25) is 10.1 Å². The quantitative estimate of drug-likeness (QED) is 0.911. The summed E-state index contributed by atoms with van der Waals surface area (Å²) >= 11 is 7.39. The van der Waals surface area contributed by atoms with Crippen LogP contribution in [0.4, 0.5) is 5.13 Å². The molecule has 0 aliphatic carbocycles. The molecule has 21 heavy (non-hydrogen) atoms. The van der Waals surface area contributed by atoms with Gasteiger partial charge in [0, 0.05) is 12.0 Å². The number of hydrogen-bond donors (Lipinski definition) is 1. The van der Waals surface area contributed by atoms with Crippen LogP contribution in [-0.2, 0) is 6.42 Å². The molecule has 1 amide bonds. The van der Waals surface area contributed by atoms with Gasteiger partial charge in [-0.05, 0) is 24.1 Å². The summed E-state index contributed by atoms with van der Waals surface area (Å²) in [5, 5.41) is 12.5. The summed E-state index contributed by atoms with van der Waals surface area (Å²) in [4.78, 5) is 12.1. The van der Waals surface area contributed by atoms with Crippen LogP contribution in [0.25, 0.3) is 0 Å². The van der Waals surface area contributed by atoms with E-state index < -0.39 is 0 Å². The second kappa shape index (κ2) is 6.87. The number of amides is 1. The van der Waals surface area contributed by atoms with Crippen LogP contribution in [0.3, 0.4) is 0 Å². The zero-order valence-electron chi connectivity index (χ0n) is 12.0. The van der Waals surface area contributed by atoms with E-state index in [0.29, 0.717) is 27.4 Å². The van der Waals surface area contributed by atoms with Crippen LogP contribution >= 0.6 is 22.9 Å². The lowest BCUT2D eigenvalue weighted by molar-refractivity contribution is 0.102. The van der Waals surface area contributed by atoms with Gasteiger partial charge in [0.05, 0.1) is 12.1 Å². The summed E-state index contributed by atoms with van der Waals surface area (Å²) in [6, 6.07) is 4.86. The molecular formula is C14H16ClN3O2S. The van der Waals surface area contributed by atoms with Crippen molar-refractivity contribution in [2.45, 2.75) is 20.3 Å². The Morgan fingerprint density at radius 2 is 2.19 bits per heavy atom. The minimum atomic E-state index is -0.271. The Balaban J connectivity index is 2.07. The molecule has 0 spiro atoms. The molecule has 0 radical (unpaired) electrons. The predicted molar refractivity (Wildman–Crippen MR) is 84.4 cm³/mol. The Hall–Kier alpha value is -1.66. The second-order valence-electron chi connectivity index (χ2n) is 4.90. The molecule has 0 saturated heterocycles. The highest BCUT2D eigenvalue weighted by Gasteiger charge is 2.12. The topological polar surface area (TPSA) is 64.1 Å². The van der Waals surface area contributed by atoms with E-state index in [0.717, 1.165) is 11.4 Å². The van der Waals surface area contributed by atoms with Crippen LogP contribution in [0.2, 0.25) is 5.02 Å². The van der Waals surface area contributed by atoms with Crippen molar-refractivity contribution in [3.8, 4) is 5.75 Å². The normalized spacial score (nSPS) is 10.7. The molecule has 2 aromatic rings. The van der Waals surface area contributed by atoms with Gasteiger partial charge in [0.25, 0.3) is 5.91 Å². The van der Waals surface area contributed by atoms with E-state index in [-0.39, 0.29) is 5.91 Å². The smallest absolute Gasteiger partial charge is 0.257 e. The second-order valence-corrected chi connectivity index (χ2v) is 6.37. The molecule has 2 rings (SSSR count). The Morgan fingerprint density at radius 1 is 1.43 bits per heavy atom. The average molecular weight is 326 g/mol. The van der Waals surface area contributed by atoms with Crippen LogP contribution in [-0.4, -0.2) is 23.2 Å². The number of methoxy groups -OCH3 is 1. The average Bonchev–Trinajstić information content (AvgIpc) is 2.84. The lowest BCUT2D eigenvalue weighted by Gasteiger charge is -2.05. The fourth-order valence-corrected chi connectivity index (χ4v) is 2.92. The first-order valence-corrected chi connectivity index (χ1v) is 7.66. The van der Waals surface area contributed by atoms with Crippen molar-refractivity contribution >= 4 is 34.0 Å². The first-order chi connectivity index (χ1) is 9.99. The van der Waals surface area contributed by atoms with E-state index in [9.17, 15) is 4.79 Å². The molecule has 1 heterocycles. The Morgan fingerprint density at radius 3 is 2.81 bits per heavy atom. The van der Waals surface area contributed by atoms with Crippen LogP contribution in [0.15, 0.2) is 18.2 Å². The number of anilines is 1. The highest BCUT2D eigenvalue weighted by Crippen LogP contribution is 2.25. The third kappa shape index (κ3) is 4.15. The fraction of sp³-hybridized carbons (Fsp3) is 0.357. The fourth-order valence-electron chi connectivity index (χ4n) is 1.71. The van der Waals surface area contributed by atoms with Crippen molar-refractivity contribution in [3.63, 3.8) is 0 Å². The van der Waals surface area contributed by atoms with Crippen LogP contribution in [0.1, 0.15) is 29.2 Å². The minimum Gasteiger partial charge on any atom is -0.495 e. The summed E-state index contributed by atoms with van der Waals surface area (Å²) < 4.78 is 5.05. The van der Waals surface area contributed by atoms with E-state index in [1.54, 1.807) is 18.2 Å². The van der Waals surface area contributed by atoms with Crippen LogP contribution in [0.5, 0.6) is 5.75 Å². The molecule has 0 atom stereocenters. The summed E-state index contributed by atoms with van der Waals surface area (Å²) in [5.74, 6) is 0.761. The summed E-state index contributed by atoms with van der Waals surface area (Å²) in [5.41, 5.74) is 0.446. The molecule has 0 saturated carbocycles. The molecule has 1 N–H and O–H groups in total. The molecule has 0 aliphatic rings. The van der Waals surface area contributed by atoms with Gasteiger partial charge in [-0.1, -0.05) is 36.8 Å². The number of halogens is 1. The third-order valence-electron chi connectivity index (χ3n) is 2.68. The maximum absolute atomic E-state index is 12.1. The van der Waals surface area contributed by atoms with Crippen molar-refractivity contribution in [3.05, 3.63) is 33.8 Å². The maximum Gasteiger partial charge on any atom is 0.257 e. The lowest BCUT2D eigenvalue weighted by Crippen LogP contribution is -2.11. The van der Waals surface area contributed by atoms with E-state index in [1.807, 2.05) is 0 Å². The van der Waals surface area contributed by atoms with Gasteiger partial charge < -0.3 is 4.74 Å². The van der Waals surface area contributed by atoms with Crippen molar-refractivity contribution < 1.29 is 9.53 Å². The highest BCUT2D eigenvalue weighted by molar-refractivity contribution is 7.15. The molecule has 7 heteroatoms. The number of rotatable bonds is 5. The Labute approximate surface area is 132 Å². The largest absolute Gasteiger partial charge is 0.495 e. The molecule has 0 fully saturated rings. The van der Waals surface area contributed by atoms with Gasteiger partial charge in [0.2, 0.25) is 5.13 Å². The van der Waals surface area contributed by atoms with Gasteiger partial charge in [-0.2, -0.15) is 0 Å². The molecule has 0 aliphatic heterocycles. The molecule has 5 nitrogen and oxygen atoms in total. The third-order valence-corrected chi connectivity index (χ3v) is 3.84. The number of nitrogens with zero attached hydrogens (tertiary/aromatic N) is 2. The lowest BCUT2D eigenvalue weighted by atomic mass is 10.1. The van der Waals surface area contributed by atoms with Crippen LogP contribution < -0.4 is 10.1 Å². The molecule has 0 bridgehead atoms. The number of ether oxygens (including phenoxy) is 1. The molecule has 1 aromatic carbocycles. The number of benzene rings is 1. The summed E-state index contributed by atoms with van der Waals surface area (Å²) in [6.07, 6.45) is 0.849. The molecule has 112 valence electrons. The maximum atomic E-state index is 12.1. The summed E-state index contributed by atoms with van der Waals surface area (Å²) in [7, 11) is 1.53. The highest BCUT2D eigenvalue weighted by atomic mass is 35.5. The van der Waals surface area contributed by atoms with E-state index in [1.165, 1.54) is 18.4 Å². The van der Waals surface area contributed by atoms with Gasteiger partial charge in [0.1, 0.15) is 10.8 Å². The SMILES string of the molecule is COc1ccc(C(=O)Nc2nnc(CC(C)C)s2)cc1Cl. The Kier molecular flexibility index (Phi) is 5.14. The minimum absolute atomic E-state index is 0.271. The zero-order chi connectivity index (χ0) is 15.4. The van der Waals surface area contributed by atoms with Crippen LogP contribution in [0, 0.1) is 5.92 Å². The molecule has 0 unspecified atom stereocenters. The zero-order valence-corrected chi connectivity index (χ0v) is 13.6. The monoisotopic (exact) mass is 325 g/mol. The number of hydrogen-bond acceptors (Lipinski definition) is 5. The van der Waals surface area contributed by atoms with Crippen molar-refractivity contribution in [1.29, 1.82) is 0 Å². The van der Waals surface area contributed by atoms with Gasteiger partial charge in [-0.15, -0.1) is 10.2 Å². The Bertz CT molecular complexity index is 643. The molecule has 1 aromatic heterocycles.